The van der Waals surface area contributed by atoms with Gasteiger partial charge in [0.2, 0.25) is 0 Å². The molecule has 0 saturated carbocycles. The number of halogens is 1. The zero-order chi connectivity index (χ0) is 24.1. The molecule has 2 N–H and O–H groups in total. The molecule has 176 valence electrons. The normalized spacial score (nSPS) is 17.5. The smallest absolute Gasteiger partial charge is 0.295 e. The molecule has 1 saturated heterocycles. The molecule has 8 nitrogen and oxygen atoms in total. The number of aliphatic hydroxyl groups excluding tert-OH is 1. The number of aliphatic hydroxyl groups is 1. The number of phenols is 1. The maximum Gasteiger partial charge on any atom is 0.295 e. The SMILES string of the molecule is CCCOc1cccc(/C(O)=C2\C(=O)C(=O)N(CCOC)C2c2cc(Br)c(O)c(OC)c2)c1. The molecule has 2 aromatic rings. The summed E-state index contributed by atoms with van der Waals surface area (Å²) in [4.78, 5) is 27.3. The molecule has 1 fully saturated rings. The highest BCUT2D eigenvalue weighted by Gasteiger charge is 2.46. The molecule has 1 aliphatic heterocycles. The Morgan fingerprint density at radius 2 is 1.91 bits per heavy atom. The predicted octanol–water partition coefficient (Wildman–Crippen LogP) is 4.02. The lowest BCUT2D eigenvalue weighted by Gasteiger charge is -2.25. The van der Waals surface area contributed by atoms with Gasteiger partial charge >= 0.3 is 0 Å². The summed E-state index contributed by atoms with van der Waals surface area (Å²) in [5.74, 6) is -1.29. The van der Waals surface area contributed by atoms with E-state index in [1.807, 2.05) is 6.92 Å². The summed E-state index contributed by atoms with van der Waals surface area (Å²) in [5, 5.41) is 21.4. The summed E-state index contributed by atoms with van der Waals surface area (Å²) in [6.45, 7) is 2.81. The minimum absolute atomic E-state index is 0.0663. The van der Waals surface area contributed by atoms with Crippen molar-refractivity contribution in [3.63, 3.8) is 0 Å². The van der Waals surface area contributed by atoms with Crippen molar-refractivity contribution in [2.45, 2.75) is 19.4 Å². The lowest BCUT2D eigenvalue weighted by atomic mass is 9.95. The van der Waals surface area contributed by atoms with Crippen LogP contribution in [0.5, 0.6) is 17.2 Å². The molecule has 3 rings (SSSR count). The van der Waals surface area contributed by atoms with Gasteiger partial charge < -0.3 is 29.3 Å². The Morgan fingerprint density at radius 1 is 1.15 bits per heavy atom. The first-order chi connectivity index (χ1) is 15.8. The van der Waals surface area contributed by atoms with Gasteiger partial charge in [-0.05, 0) is 52.2 Å². The predicted molar refractivity (Wildman–Crippen MR) is 125 cm³/mol. The lowest BCUT2D eigenvalue weighted by Crippen LogP contribution is -2.32. The van der Waals surface area contributed by atoms with Gasteiger partial charge in [0.05, 0.1) is 36.4 Å². The van der Waals surface area contributed by atoms with Crippen LogP contribution in [0, 0.1) is 0 Å². The molecular formula is C24H26BrNO7. The number of aromatic hydroxyl groups is 1. The molecular weight excluding hydrogens is 494 g/mol. The molecule has 0 aliphatic carbocycles. The number of nitrogens with zero attached hydrogens (tertiary/aromatic N) is 1. The van der Waals surface area contributed by atoms with Crippen LogP contribution in [0.15, 0.2) is 46.4 Å². The third-order valence-corrected chi connectivity index (χ3v) is 5.85. The van der Waals surface area contributed by atoms with Crippen molar-refractivity contribution < 1.29 is 34.0 Å². The van der Waals surface area contributed by atoms with Gasteiger partial charge in [0, 0.05) is 19.2 Å². The average molecular weight is 520 g/mol. The maximum absolute atomic E-state index is 13.1. The van der Waals surface area contributed by atoms with Crippen LogP contribution in [0.25, 0.3) is 5.76 Å². The van der Waals surface area contributed by atoms with Crippen molar-refractivity contribution in [1.29, 1.82) is 0 Å². The van der Waals surface area contributed by atoms with Crippen molar-refractivity contribution >= 4 is 33.4 Å². The van der Waals surface area contributed by atoms with E-state index in [9.17, 15) is 19.8 Å². The fraction of sp³-hybridized carbons (Fsp3) is 0.333. The Morgan fingerprint density at radius 3 is 2.58 bits per heavy atom. The highest BCUT2D eigenvalue weighted by Crippen LogP contribution is 2.44. The molecule has 0 spiro atoms. The quantitative estimate of drug-likeness (QED) is 0.292. The summed E-state index contributed by atoms with van der Waals surface area (Å²) >= 11 is 3.28. The number of ketones is 1. The van der Waals surface area contributed by atoms with Crippen molar-refractivity contribution in [3.05, 3.63) is 57.6 Å². The third kappa shape index (κ3) is 4.99. The third-order valence-electron chi connectivity index (χ3n) is 5.24. The summed E-state index contributed by atoms with van der Waals surface area (Å²) in [6.07, 6.45) is 0.818. The van der Waals surface area contributed by atoms with Gasteiger partial charge in [-0.15, -0.1) is 0 Å². The zero-order valence-electron chi connectivity index (χ0n) is 18.6. The second-order valence-corrected chi connectivity index (χ2v) is 8.27. The topological polar surface area (TPSA) is 106 Å². The number of ether oxygens (including phenoxy) is 3. The van der Waals surface area contributed by atoms with Crippen LogP contribution in [-0.2, 0) is 14.3 Å². The first kappa shape index (κ1) is 24.6. The molecule has 1 unspecified atom stereocenters. The number of benzene rings is 2. The van der Waals surface area contributed by atoms with Gasteiger partial charge in [0.15, 0.2) is 11.5 Å². The van der Waals surface area contributed by atoms with E-state index in [-0.39, 0.29) is 36.0 Å². The average Bonchev–Trinajstić information content (AvgIpc) is 3.07. The monoisotopic (exact) mass is 519 g/mol. The second-order valence-electron chi connectivity index (χ2n) is 7.42. The summed E-state index contributed by atoms with van der Waals surface area (Å²) in [7, 11) is 2.89. The van der Waals surface area contributed by atoms with E-state index in [1.54, 1.807) is 30.3 Å². The molecule has 1 aliphatic rings. The Balaban J connectivity index is 2.18. The number of carbonyl (C=O) groups is 2. The van der Waals surface area contributed by atoms with E-state index in [4.69, 9.17) is 14.2 Å². The van der Waals surface area contributed by atoms with Gasteiger partial charge in [-0.25, -0.2) is 0 Å². The van der Waals surface area contributed by atoms with Gasteiger partial charge in [0.1, 0.15) is 11.5 Å². The molecule has 1 amide bonds. The van der Waals surface area contributed by atoms with Gasteiger partial charge in [-0.2, -0.15) is 0 Å². The van der Waals surface area contributed by atoms with Crippen LogP contribution in [0.4, 0.5) is 0 Å². The largest absolute Gasteiger partial charge is 0.507 e. The minimum Gasteiger partial charge on any atom is -0.507 e. The number of carbonyl (C=O) groups excluding carboxylic acids is 2. The number of Topliss-reactive ketones (excluding diaryl/α,β-unsaturated/α-hetero) is 1. The Kier molecular flexibility index (Phi) is 7.99. The second kappa shape index (κ2) is 10.7. The standard InChI is InChI=1S/C24H26BrNO7/c1-4-9-33-16-7-5-6-14(11-16)21(27)19-20(26(8-10-31-2)24(30)23(19)29)15-12-17(25)22(28)18(13-15)32-3/h5-7,11-13,20,27-28H,4,8-10H2,1-3H3/b21-19+. The molecule has 0 radical (unpaired) electrons. The molecule has 9 heteroatoms. The van der Waals surface area contributed by atoms with Crippen LogP contribution < -0.4 is 9.47 Å². The van der Waals surface area contributed by atoms with E-state index in [2.05, 4.69) is 15.9 Å². The molecule has 1 heterocycles. The summed E-state index contributed by atoms with van der Waals surface area (Å²) in [5.41, 5.74) is 0.762. The summed E-state index contributed by atoms with van der Waals surface area (Å²) < 4.78 is 16.3. The van der Waals surface area contributed by atoms with Crippen LogP contribution in [-0.4, -0.2) is 60.8 Å². The molecule has 33 heavy (non-hydrogen) atoms. The number of methoxy groups -OCH3 is 2. The number of phenolic OH excluding ortho intramolecular Hbond substituents is 1. The lowest BCUT2D eigenvalue weighted by molar-refractivity contribution is -0.140. The van der Waals surface area contributed by atoms with Gasteiger partial charge in [0.25, 0.3) is 11.7 Å². The highest BCUT2D eigenvalue weighted by atomic mass is 79.9. The van der Waals surface area contributed by atoms with E-state index < -0.39 is 17.7 Å². The van der Waals surface area contributed by atoms with Crippen LogP contribution in [0.3, 0.4) is 0 Å². The number of amides is 1. The number of hydrogen-bond acceptors (Lipinski definition) is 7. The fourth-order valence-corrected chi connectivity index (χ4v) is 4.12. The maximum atomic E-state index is 13.1. The van der Waals surface area contributed by atoms with Crippen molar-refractivity contribution in [1.82, 2.24) is 4.90 Å². The molecule has 0 bridgehead atoms. The Bertz CT molecular complexity index is 1080. The zero-order valence-corrected chi connectivity index (χ0v) is 20.2. The number of rotatable bonds is 9. The van der Waals surface area contributed by atoms with Crippen LogP contribution >= 0.6 is 15.9 Å². The fourth-order valence-electron chi connectivity index (χ4n) is 3.66. The van der Waals surface area contributed by atoms with Gasteiger partial charge in [-0.3, -0.25) is 9.59 Å². The summed E-state index contributed by atoms with van der Waals surface area (Å²) in [6, 6.07) is 8.93. The van der Waals surface area contributed by atoms with E-state index >= 15 is 0 Å². The van der Waals surface area contributed by atoms with Crippen LogP contribution in [0.2, 0.25) is 0 Å². The number of likely N-dealkylation sites (tertiary alicyclic amines) is 1. The van der Waals surface area contributed by atoms with E-state index in [0.717, 1.165) is 6.42 Å². The van der Waals surface area contributed by atoms with E-state index in [0.29, 0.717) is 28.0 Å². The van der Waals surface area contributed by atoms with Gasteiger partial charge in [-0.1, -0.05) is 19.1 Å². The minimum atomic E-state index is -0.911. The molecule has 1 atom stereocenters. The van der Waals surface area contributed by atoms with Crippen LogP contribution in [0.1, 0.15) is 30.5 Å². The highest BCUT2D eigenvalue weighted by molar-refractivity contribution is 9.10. The van der Waals surface area contributed by atoms with Crippen molar-refractivity contribution in [2.24, 2.45) is 0 Å². The number of hydrogen-bond donors (Lipinski definition) is 2. The Labute approximate surface area is 200 Å². The molecule has 2 aromatic carbocycles. The van der Waals surface area contributed by atoms with E-state index in [1.165, 1.54) is 25.2 Å². The molecule has 0 aromatic heterocycles. The Hall–Kier alpha value is -3.04. The van der Waals surface area contributed by atoms with Crippen molar-refractivity contribution in [2.75, 3.05) is 34.0 Å². The first-order valence-corrected chi connectivity index (χ1v) is 11.2. The first-order valence-electron chi connectivity index (χ1n) is 10.4. The van der Waals surface area contributed by atoms with Crippen molar-refractivity contribution in [3.8, 4) is 17.2 Å².